The van der Waals surface area contributed by atoms with Crippen LogP contribution in [-0.4, -0.2) is 25.6 Å². The first-order valence-corrected chi connectivity index (χ1v) is 7.99. The zero-order chi connectivity index (χ0) is 15.3. The molecule has 0 aromatic heterocycles. The lowest BCUT2D eigenvalue weighted by atomic mass is 10.2. The van der Waals surface area contributed by atoms with Gasteiger partial charge < -0.3 is 15.4 Å². The Hall–Kier alpha value is -1.55. The molecule has 1 amide bonds. The highest BCUT2D eigenvalue weighted by molar-refractivity contribution is 5.92. The number of hydrogen-bond donors (Lipinski definition) is 2. The first-order valence-electron chi connectivity index (χ1n) is 7.99. The Morgan fingerprint density at radius 3 is 2.76 bits per heavy atom. The molecule has 1 aromatic rings. The van der Waals surface area contributed by atoms with Crippen LogP contribution in [0.25, 0.3) is 0 Å². The van der Waals surface area contributed by atoms with E-state index in [0.717, 1.165) is 37.4 Å². The summed E-state index contributed by atoms with van der Waals surface area (Å²) in [5.74, 6) is 0.786. The molecule has 4 nitrogen and oxygen atoms in total. The van der Waals surface area contributed by atoms with Gasteiger partial charge in [-0.3, -0.25) is 4.79 Å². The van der Waals surface area contributed by atoms with Crippen LogP contribution in [0.3, 0.4) is 0 Å². The summed E-state index contributed by atoms with van der Waals surface area (Å²) in [6.07, 6.45) is 5.79. The monoisotopic (exact) mass is 292 g/mol. The minimum Gasteiger partial charge on any atom is -0.494 e. The molecule has 2 N–H and O–H groups in total. The lowest BCUT2D eigenvalue weighted by Gasteiger charge is -2.09. The molecule has 1 rings (SSSR count). The first kappa shape index (κ1) is 17.5. The van der Waals surface area contributed by atoms with Crippen LogP contribution >= 0.6 is 0 Å². The molecule has 118 valence electrons. The number of nitrogens with one attached hydrogen (secondary N) is 2. The van der Waals surface area contributed by atoms with Crippen LogP contribution in [0.15, 0.2) is 24.3 Å². The van der Waals surface area contributed by atoms with Crippen molar-refractivity contribution in [3.8, 4) is 5.75 Å². The number of carbonyl (C=O) groups is 1. The Morgan fingerprint density at radius 2 is 2.00 bits per heavy atom. The van der Waals surface area contributed by atoms with Crippen LogP contribution in [0.2, 0.25) is 0 Å². The van der Waals surface area contributed by atoms with Crippen molar-refractivity contribution in [3.05, 3.63) is 24.3 Å². The van der Waals surface area contributed by atoms with Gasteiger partial charge in [-0.2, -0.15) is 0 Å². The molecule has 0 unspecified atom stereocenters. The number of rotatable bonds is 11. The van der Waals surface area contributed by atoms with Gasteiger partial charge in [0.05, 0.1) is 13.2 Å². The summed E-state index contributed by atoms with van der Waals surface area (Å²) in [6.45, 7) is 6.20. The Balaban J connectivity index is 2.32. The van der Waals surface area contributed by atoms with Crippen molar-refractivity contribution < 1.29 is 9.53 Å². The van der Waals surface area contributed by atoms with Gasteiger partial charge in [-0.25, -0.2) is 0 Å². The molecule has 0 spiro atoms. The SMILES string of the molecule is CCCCCCOc1cccc(NC(=O)CNCCC)c1. The van der Waals surface area contributed by atoms with Crippen molar-refractivity contribution in [1.29, 1.82) is 0 Å². The Morgan fingerprint density at radius 1 is 1.14 bits per heavy atom. The fourth-order valence-electron chi connectivity index (χ4n) is 1.97. The smallest absolute Gasteiger partial charge is 0.238 e. The molecule has 0 bridgehead atoms. The third-order valence-electron chi connectivity index (χ3n) is 3.10. The number of benzene rings is 1. The van der Waals surface area contributed by atoms with Gasteiger partial charge in [-0.05, 0) is 31.5 Å². The summed E-state index contributed by atoms with van der Waals surface area (Å²) in [5.41, 5.74) is 0.782. The van der Waals surface area contributed by atoms with Crippen LogP contribution in [0, 0.1) is 0 Å². The van der Waals surface area contributed by atoms with Gasteiger partial charge in [0.1, 0.15) is 5.75 Å². The van der Waals surface area contributed by atoms with E-state index in [4.69, 9.17) is 4.74 Å². The van der Waals surface area contributed by atoms with Crippen molar-refractivity contribution in [2.45, 2.75) is 46.0 Å². The second-order valence-electron chi connectivity index (χ2n) is 5.16. The number of amides is 1. The molecule has 0 aliphatic carbocycles. The zero-order valence-electron chi connectivity index (χ0n) is 13.3. The molecule has 0 fully saturated rings. The second kappa shape index (κ2) is 11.1. The summed E-state index contributed by atoms with van der Waals surface area (Å²) in [6, 6.07) is 7.57. The van der Waals surface area contributed by atoms with E-state index < -0.39 is 0 Å². The largest absolute Gasteiger partial charge is 0.494 e. The van der Waals surface area contributed by atoms with Gasteiger partial charge in [0, 0.05) is 11.8 Å². The molecule has 0 aliphatic rings. The number of anilines is 1. The van der Waals surface area contributed by atoms with Gasteiger partial charge in [-0.15, -0.1) is 0 Å². The lowest BCUT2D eigenvalue weighted by molar-refractivity contribution is -0.115. The zero-order valence-corrected chi connectivity index (χ0v) is 13.3. The Bertz CT molecular complexity index is 408. The molecule has 0 saturated heterocycles. The van der Waals surface area contributed by atoms with Crippen LogP contribution in [0.1, 0.15) is 46.0 Å². The average Bonchev–Trinajstić information content (AvgIpc) is 2.48. The van der Waals surface area contributed by atoms with E-state index in [2.05, 4.69) is 24.5 Å². The summed E-state index contributed by atoms with van der Waals surface area (Å²) in [4.78, 5) is 11.7. The maximum Gasteiger partial charge on any atom is 0.238 e. The van der Waals surface area contributed by atoms with Crippen molar-refractivity contribution in [1.82, 2.24) is 5.32 Å². The van der Waals surface area contributed by atoms with Gasteiger partial charge in [0.2, 0.25) is 5.91 Å². The quantitative estimate of drug-likeness (QED) is 0.613. The highest BCUT2D eigenvalue weighted by Crippen LogP contribution is 2.17. The maximum atomic E-state index is 11.7. The lowest BCUT2D eigenvalue weighted by Crippen LogP contribution is -2.28. The van der Waals surface area contributed by atoms with Crippen LogP contribution < -0.4 is 15.4 Å². The molecular weight excluding hydrogens is 264 g/mol. The van der Waals surface area contributed by atoms with E-state index in [1.54, 1.807) is 0 Å². The number of carbonyl (C=O) groups excluding carboxylic acids is 1. The Labute approximate surface area is 128 Å². The van der Waals surface area contributed by atoms with Crippen molar-refractivity contribution in [2.24, 2.45) is 0 Å². The first-order chi connectivity index (χ1) is 10.3. The maximum absolute atomic E-state index is 11.7. The standard InChI is InChI=1S/C17H28N2O2/c1-3-5-6-7-12-21-16-10-8-9-15(13-16)19-17(20)14-18-11-4-2/h8-10,13,18H,3-7,11-12,14H2,1-2H3,(H,19,20). The predicted octanol–water partition coefficient (Wildman–Crippen LogP) is 3.58. The highest BCUT2D eigenvalue weighted by Gasteiger charge is 2.02. The molecule has 0 aliphatic heterocycles. The number of hydrogen-bond acceptors (Lipinski definition) is 3. The summed E-state index contributed by atoms with van der Waals surface area (Å²) < 4.78 is 5.71. The van der Waals surface area contributed by atoms with E-state index in [9.17, 15) is 4.79 Å². The van der Waals surface area contributed by atoms with Gasteiger partial charge in [0.25, 0.3) is 0 Å². The van der Waals surface area contributed by atoms with Gasteiger partial charge in [0.15, 0.2) is 0 Å². The fraction of sp³-hybridized carbons (Fsp3) is 0.588. The van der Waals surface area contributed by atoms with Crippen LogP contribution in [0.5, 0.6) is 5.75 Å². The second-order valence-corrected chi connectivity index (χ2v) is 5.16. The van der Waals surface area contributed by atoms with E-state index in [1.165, 1.54) is 19.3 Å². The van der Waals surface area contributed by atoms with E-state index in [1.807, 2.05) is 24.3 Å². The molecule has 0 radical (unpaired) electrons. The molecular formula is C17H28N2O2. The molecule has 0 saturated carbocycles. The molecule has 0 heterocycles. The summed E-state index contributed by atoms with van der Waals surface area (Å²) >= 11 is 0. The Kier molecular flexibility index (Phi) is 9.29. The average molecular weight is 292 g/mol. The number of unbranched alkanes of at least 4 members (excludes halogenated alkanes) is 3. The van der Waals surface area contributed by atoms with Gasteiger partial charge >= 0.3 is 0 Å². The molecule has 0 atom stereocenters. The fourth-order valence-corrected chi connectivity index (χ4v) is 1.97. The van der Waals surface area contributed by atoms with Crippen molar-refractivity contribution >= 4 is 11.6 Å². The third kappa shape index (κ3) is 8.35. The highest BCUT2D eigenvalue weighted by atomic mass is 16.5. The van der Waals surface area contributed by atoms with E-state index in [0.29, 0.717) is 6.54 Å². The molecule has 1 aromatic carbocycles. The van der Waals surface area contributed by atoms with E-state index in [-0.39, 0.29) is 5.91 Å². The molecule has 4 heteroatoms. The van der Waals surface area contributed by atoms with Crippen LogP contribution in [0.4, 0.5) is 5.69 Å². The summed E-state index contributed by atoms with van der Waals surface area (Å²) in [5, 5.41) is 5.95. The van der Waals surface area contributed by atoms with E-state index >= 15 is 0 Å². The molecule has 21 heavy (non-hydrogen) atoms. The minimum absolute atomic E-state index is 0.0245. The number of ether oxygens (including phenoxy) is 1. The third-order valence-corrected chi connectivity index (χ3v) is 3.10. The normalized spacial score (nSPS) is 10.4. The predicted molar refractivity (Wildman–Crippen MR) is 87.9 cm³/mol. The van der Waals surface area contributed by atoms with Crippen LogP contribution in [-0.2, 0) is 4.79 Å². The van der Waals surface area contributed by atoms with Crippen molar-refractivity contribution in [3.63, 3.8) is 0 Å². The summed E-state index contributed by atoms with van der Waals surface area (Å²) in [7, 11) is 0. The minimum atomic E-state index is -0.0245. The topological polar surface area (TPSA) is 50.4 Å². The van der Waals surface area contributed by atoms with Crippen molar-refractivity contribution in [2.75, 3.05) is 25.0 Å². The van der Waals surface area contributed by atoms with Gasteiger partial charge in [-0.1, -0.05) is 39.2 Å².